The van der Waals surface area contributed by atoms with Gasteiger partial charge in [-0.05, 0) is 24.6 Å². The van der Waals surface area contributed by atoms with Gasteiger partial charge in [-0.1, -0.05) is 63.0 Å². The third-order valence-corrected chi connectivity index (χ3v) is 6.12. The quantitative estimate of drug-likeness (QED) is 0.588. The summed E-state index contributed by atoms with van der Waals surface area (Å²) in [7, 11) is -2.00. The third kappa shape index (κ3) is 4.57. The van der Waals surface area contributed by atoms with Gasteiger partial charge in [0.25, 0.3) is 0 Å². The summed E-state index contributed by atoms with van der Waals surface area (Å²) in [5.74, 6) is 0.598. The molecular formula is C18H18BrN3O3S. The number of aromatic nitrogens is 2. The van der Waals surface area contributed by atoms with Crippen LogP contribution in [0.15, 0.2) is 57.5 Å². The van der Waals surface area contributed by atoms with Gasteiger partial charge in [0, 0.05) is 17.1 Å². The molecular weight excluding hydrogens is 418 g/mol. The second-order valence-electron chi connectivity index (χ2n) is 6.02. The number of halogens is 1. The molecule has 0 N–H and O–H groups in total. The minimum Gasteiger partial charge on any atom is -0.338 e. The third-order valence-electron chi connectivity index (χ3n) is 3.85. The molecule has 0 aliphatic heterocycles. The van der Waals surface area contributed by atoms with E-state index in [1.165, 1.54) is 11.4 Å². The molecule has 0 radical (unpaired) electrons. The Balaban J connectivity index is 1.71. The monoisotopic (exact) mass is 435 g/mol. The minimum atomic E-state index is -3.50. The van der Waals surface area contributed by atoms with Crippen molar-refractivity contribution in [2.24, 2.45) is 0 Å². The number of benzene rings is 2. The lowest BCUT2D eigenvalue weighted by molar-refractivity contribution is 0.336. The highest BCUT2D eigenvalue weighted by atomic mass is 79.9. The number of nitrogens with zero attached hydrogens (tertiary/aromatic N) is 3. The molecule has 0 saturated heterocycles. The maximum absolute atomic E-state index is 12.6. The first-order chi connectivity index (χ1) is 12.3. The van der Waals surface area contributed by atoms with Crippen molar-refractivity contribution in [2.75, 3.05) is 7.05 Å². The van der Waals surface area contributed by atoms with E-state index in [0.29, 0.717) is 11.4 Å². The second-order valence-corrected chi connectivity index (χ2v) is 9.01. The largest absolute Gasteiger partial charge is 0.338 e. The van der Waals surface area contributed by atoms with Gasteiger partial charge in [-0.2, -0.15) is 9.29 Å². The highest BCUT2D eigenvalue weighted by molar-refractivity contribution is 9.10. The molecule has 3 rings (SSSR count). The Hall–Kier alpha value is -2.03. The van der Waals surface area contributed by atoms with Crippen LogP contribution in [0, 0.1) is 6.92 Å². The van der Waals surface area contributed by atoms with E-state index in [0.717, 1.165) is 15.6 Å². The zero-order valence-electron chi connectivity index (χ0n) is 14.4. The minimum absolute atomic E-state index is 0.0230. The van der Waals surface area contributed by atoms with E-state index < -0.39 is 10.0 Å². The molecule has 0 amide bonds. The first-order valence-corrected chi connectivity index (χ1v) is 10.3. The van der Waals surface area contributed by atoms with Crippen LogP contribution in [-0.4, -0.2) is 29.9 Å². The summed E-state index contributed by atoms with van der Waals surface area (Å²) in [6.07, 6.45) is 0. The smallest absolute Gasteiger partial charge is 0.242 e. The first kappa shape index (κ1) is 18.8. The zero-order chi connectivity index (χ0) is 18.7. The standard InChI is InChI=1S/C18H18BrN3O3S/c1-13-6-8-15(9-7-13)18-20-17(25-21-18)11-22(2)26(23,24)12-14-4-3-5-16(19)10-14/h3-10H,11-12H2,1-2H3. The van der Waals surface area contributed by atoms with Crippen LogP contribution in [0.2, 0.25) is 0 Å². The number of rotatable bonds is 6. The molecule has 1 heterocycles. The Morgan fingerprint density at radius 2 is 1.88 bits per heavy atom. The Kier molecular flexibility index (Phi) is 5.55. The van der Waals surface area contributed by atoms with Crippen LogP contribution in [-0.2, 0) is 22.3 Å². The summed E-state index contributed by atoms with van der Waals surface area (Å²) in [4.78, 5) is 4.29. The highest BCUT2D eigenvalue weighted by Crippen LogP contribution is 2.19. The number of hydrogen-bond acceptors (Lipinski definition) is 5. The predicted molar refractivity (Wildman–Crippen MR) is 103 cm³/mol. The summed E-state index contributed by atoms with van der Waals surface area (Å²) >= 11 is 3.35. The summed E-state index contributed by atoms with van der Waals surface area (Å²) < 4.78 is 32.4. The van der Waals surface area contributed by atoms with Gasteiger partial charge < -0.3 is 4.52 Å². The summed E-state index contributed by atoms with van der Waals surface area (Å²) in [5.41, 5.74) is 2.66. The molecule has 0 atom stereocenters. The molecule has 26 heavy (non-hydrogen) atoms. The van der Waals surface area contributed by atoms with Crippen molar-refractivity contribution >= 4 is 26.0 Å². The van der Waals surface area contributed by atoms with Crippen LogP contribution in [0.5, 0.6) is 0 Å². The van der Waals surface area contributed by atoms with Gasteiger partial charge in [0.05, 0.1) is 12.3 Å². The lowest BCUT2D eigenvalue weighted by atomic mass is 10.1. The second kappa shape index (κ2) is 7.69. The van der Waals surface area contributed by atoms with Crippen LogP contribution in [0.1, 0.15) is 17.0 Å². The van der Waals surface area contributed by atoms with E-state index in [2.05, 4.69) is 26.1 Å². The van der Waals surface area contributed by atoms with Gasteiger partial charge in [0.2, 0.25) is 21.7 Å². The molecule has 6 nitrogen and oxygen atoms in total. The van der Waals surface area contributed by atoms with Gasteiger partial charge in [-0.3, -0.25) is 0 Å². The molecule has 0 unspecified atom stereocenters. The van der Waals surface area contributed by atoms with Crippen LogP contribution in [0.3, 0.4) is 0 Å². The fraction of sp³-hybridized carbons (Fsp3) is 0.222. The van der Waals surface area contributed by atoms with Crippen LogP contribution < -0.4 is 0 Å². The SMILES string of the molecule is Cc1ccc(-c2noc(CN(C)S(=O)(=O)Cc3cccc(Br)c3)n2)cc1. The van der Waals surface area contributed by atoms with E-state index >= 15 is 0 Å². The summed E-state index contributed by atoms with van der Waals surface area (Å²) in [5, 5.41) is 3.93. The van der Waals surface area contributed by atoms with E-state index in [9.17, 15) is 8.42 Å². The molecule has 0 bridgehead atoms. The molecule has 0 fully saturated rings. The fourth-order valence-electron chi connectivity index (χ4n) is 2.38. The maximum atomic E-state index is 12.6. The van der Waals surface area contributed by atoms with Crippen molar-refractivity contribution in [3.63, 3.8) is 0 Å². The van der Waals surface area contributed by atoms with Crippen molar-refractivity contribution < 1.29 is 12.9 Å². The summed E-state index contributed by atoms with van der Waals surface area (Å²) in [6.45, 7) is 2.02. The number of sulfonamides is 1. The normalized spacial score (nSPS) is 11.8. The van der Waals surface area contributed by atoms with Gasteiger partial charge in [0.15, 0.2) is 0 Å². The molecule has 0 aliphatic rings. The van der Waals surface area contributed by atoms with Crippen molar-refractivity contribution in [3.8, 4) is 11.4 Å². The number of hydrogen-bond donors (Lipinski definition) is 0. The molecule has 136 valence electrons. The average Bonchev–Trinajstić information content (AvgIpc) is 3.03. The molecule has 3 aromatic rings. The van der Waals surface area contributed by atoms with Crippen LogP contribution >= 0.6 is 15.9 Å². The Labute approximate surface area is 161 Å². The van der Waals surface area contributed by atoms with Crippen molar-refractivity contribution in [1.82, 2.24) is 14.4 Å². The highest BCUT2D eigenvalue weighted by Gasteiger charge is 2.21. The maximum Gasteiger partial charge on any atom is 0.242 e. The molecule has 0 aliphatic carbocycles. The van der Waals surface area contributed by atoms with Crippen molar-refractivity contribution in [3.05, 3.63) is 70.0 Å². The molecule has 2 aromatic carbocycles. The van der Waals surface area contributed by atoms with Crippen LogP contribution in [0.4, 0.5) is 0 Å². The fourth-order valence-corrected chi connectivity index (χ4v) is 3.95. The Bertz CT molecular complexity index is 1000. The first-order valence-electron chi connectivity index (χ1n) is 7.91. The molecule has 0 saturated carbocycles. The van der Waals surface area contributed by atoms with E-state index in [-0.39, 0.29) is 18.2 Å². The van der Waals surface area contributed by atoms with E-state index in [4.69, 9.17) is 4.52 Å². The van der Waals surface area contributed by atoms with Gasteiger partial charge >= 0.3 is 0 Å². The van der Waals surface area contributed by atoms with Crippen molar-refractivity contribution in [1.29, 1.82) is 0 Å². The van der Waals surface area contributed by atoms with Crippen LogP contribution in [0.25, 0.3) is 11.4 Å². The lowest BCUT2D eigenvalue weighted by Gasteiger charge is -2.15. The molecule has 0 spiro atoms. The average molecular weight is 436 g/mol. The zero-order valence-corrected chi connectivity index (χ0v) is 16.8. The molecule has 8 heteroatoms. The van der Waals surface area contributed by atoms with Crippen molar-refractivity contribution in [2.45, 2.75) is 19.2 Å². The predicted octanol–water partition coefficient (Wildman–Crippen LogP) is 3.77. The Morgan fingerprint density at radius 3 is 2.58 bits per heavy atom. The number of aryl methyl sites for hydroxylation is 1. The van der Waals surface area contributed by atoms with Gasteiger partial charge in [-0.15, -0.1) is 0 Å². The van der Waals surface area contributed by atoms with E-state index in [1.54, 1.807) is 18.2 Å². The molecule has 1 aromatic heterocycles. The van der Waals surface area contributed by atoms with Gasteiger partial charge in [-0.25, -0.2) is 8.42 Å². The topological polar surface area (TPSA) is 76.3 Å². The van der Waals surface area contributed by atoms with Gasteiger partial charge in [0.1, 0.15) is 0 Å². The summed E-state index contributed by atoms with van der Waals surface area (Å²) in [6, 6.07) is 14.9. The Morgan fingerprint density at radius 1 is 1.15 bits per heavy atom. The lowest BCUT2D eigenvalue weighted by Crippen LogP contribution is -2.27. The van der Waals surface area contributed by atoms with E-state index in [1.807, 2.05) is 37.3 Å².